The Labute approximate surface area is 157 Å². The SMILES string of the molecule is CCNC(=O)[C@@H]1C[C@H](NC(=O)c2ccccn2)CN1Cc1noc(CC)n1. The molecule has 0 radical (unpaired) electrons. The number of pyridine rings is 1. The number of hydrogen-bond donors (Lipinski definition) is 2. The highest BCUT2D eigenvalue weighted by atomic mass is 16.5. The Hall–Kier alpha value is -2.81. The van der Waals surface area contributed by atoms with Gasteiger partial charge in [-0.05, 0) is 25.5 Å². The van der Waals surface area contributed by atoms with Gasteiger partial charge in [-0.15, -0.1) is 0 Å². The monoisotopic (exact) mass is 372 g/mol. The van der Waals surface area contributed by atoms with Crippen molar-refractivity contribution in [1.82, 2.24) is 30.7 Å². The number of aromatic nitrogens is 3. The number of carbonyl (C=O) groups is 2. The van der Waals surface area contributed by atoms with E-state index in [4.69, 9.17) is 4.52 Å². The van der Waals surface area contributed by atoms with E-state index in [1.165, 1.54) is 0 Å². The highest BCUT2D eigenvalue weighted by Crippen LogP contribution is 2.21. The van der Waals surface area contributed by atoms with Crippen LogP contribution in [0.1, 0.15) is 42.5 Å². The van der Waals surface area contributed by atoms with E-state index in [9.17, 15) is 9.59 Å². The zero-order chi connectivity index (χ0) is 19.2. The van der Waals surface area contributed by atoms with Crippen LogP contribution in [0.25, 0.3) is 0 Å². The standard InChI is InChI=1S/C18H24N6O3/c1-3-16-22-15(23-27-16)11-24-10-12(9-14(24)18(26)19-4-2)21-17(25)13-7-5-6-8-20-13/h5-8,12,14H,3-4,9-11H2,1-2H3,(H,19,26)(H,21,25)/t12-,14-/m0/s1. The Balaban J connectivity index is 1.68. The van der Waals surface area contributed by atoms with E-state index >= 15 is 0 Å². The van der Waals surface area contributed by atoms with E-state index in [0.29, 0.717) is 49.9 Å². The zero-order valence-electron chi connectivity index (χ0n) is 15.5. The molecule has 1 fully saturated rings. The number of rotatable bonds is 7. The molecule has 9 heteroatoms. The minimum Gasteiger partial charge on any atom is -0.355 e. The molecular weight excluding hydrogens is 348 g/mol. The van der Waals surface area contributed by atoms with Gasteiger partial charge in [-0.2, -0.15) is 4.98 Å². The summed E-state index contributed by atoms with van der Waals surface area (Å²) in [5.74, 6) is 0.799. The maximum atomic E-state index is 12.5. The Kier molecular flexibility index (Phi) is 6.12. The molecule has 0 spiro atoms. The molecule has 0 aliphatic carbocycles. The van der Waals surface area contributed by atoms with Crippen molar-refractivity contribution in [3.8, 4) is 0 Å². The molecule has 144 valence electrons. The van der Waals surface area contributed by atoms with Crippen LogP contribution < -0.4 is 10.6 Å². The molecule has 0 bridgehead atoms. The van der Waals surface area contributed by atoms with Crippen molar-refractivity contribution in [3.63, 3.8) is 0 Å². The number of nitrogens with zero attached hydrogens (tertiary/aromatic N) is 4. The first kappa shape index (κ1) is 19.0. The number of likely N-dealkylation sites (tertiary alicyclic amines) is 1. The minimum atomic E-state index is -0.359. The average molecular weight is 372 g/mol. The van der Waals surface area contributed by atoms with Gasteiger partial charge in [-0.3, -0.25) is 19.5 Å². The molecule has 1 aliphatic rings. The van der Waals surface area contributed by atoms with Crippen LogP contribution in [-0.2, 0) is 17.8 Å². The summed E-state index contributed by atoms with van der Waals surface area (Å²) >= 11 is 0. The highest BCUT2D eigenvalue weighted by Gasteiger charge is 2.38. The molecule has 0 aromatic carbocycles. The van der Waals surface area contributed by atoms with E-state index in [-0.39, 0.29) is 23.9 Å². The van der Waals surface area contributed by atoms with Crippen molar-refractivity contribution in [2.45, 2.75) is 45.3 Å². The molecule has 2 amide bonds. The summed E-state index contributed by atoms with van der Waals surface area (Å²) in [5.41, 5.74) is 0.358. The number of hydrogen-bond acceptors (Lipinski definition) is 7. The molecule has 2 atom stereocenters. The number of likely N-dealkylation sites (N-methyl/N-ethyl adjacent to an activating group) is 1. The first-order chi connectivity index (χ1) is 13.1. The second kappa shape index (κ2) is 8.72. The topological polar surface area (TPSA) is 113 Å². The quantitative estimate of drug-likeness (QED) is 0.729. The Morgan fingerprint density at radius 2 is 2.19 bits per heavy atom. The van der Waals surface area contributed by atoms with E-state index < -0.39 is 0 Å². The van der Waals surface area contributed by atoms with Crippen LogP contribution in [0, 0.1) is 0 Å². The second-order valence-electron chi connectivity index (χ2n) is 6.42. The summed E-state index contributed by atoms with van der Waals surface area (Å²) in [4.78, 5) is 35.2. The van der Waals surface area contributed by atoms with Crippen LogP contribution in [0.2, 0.25) is 0 Å². The fraction of sp³-hybridized carbons (Fsp3) is 0.500. The van der Waals surface area contributed by atoms with Crippen molar-refractivity contribution in [1.29, 1.82) is 0 Å². The molecule has 3 rings (SSSR count). The first-order valence-corrected chi connectivity index (χ1v) is 9.15. The van der Waals surface area contributed by atoms with Gasteiger partial charge in [-0.25, -0.2) is 0 Å². The van der Waals surface area contributed by atoms with Crippen LogP contribution in [0.4, 0.5) is 0 Å². The lowest BCUT2D eigenvalue weighted by Gasteiger charge is -2.21. The lowest BCUT2D eigenvalue weighted by molar-refractivity contribution is -0.125. The van der Waals surface area contributed by atoms with Gasteiger partial charge in [0.05, 0.1) is 12.6 Å². The normalized spacial score (nSPS) is 19.8. The second-order valence-corrected chi connectivity index (χ2v) is 6.42. The zero-order valence-corrected chi connectivity index (χ0v) is 15.5. The van der Waals surface area contributed by atoms with Gasteiger partial charge in [0, 0.05) is 31.7 Å². The van der Waals surface area contributed by atoms with Crippen LogP contribution in [0.3, 0.4) is 0 Å². The summed E-state index contributed by atoms with van der Waals surface area (Å²) in [5, 5.41) is 9.79. The van der Waals surface area contributed by atoms with Gasteiger partial charge in [0.25, 0.3) is 5.91 Å². The largest absolute Gasteiger partial charge is 0.355 e. The number of amides is 2. The third kappa shape index (κ3) is 4.68. The maximum absolute atomic E-state index is 12.5. The van der Waals surface area contributed by atoms with Crippen molar-refractivity contribution >= 4 is 11.8 Å². The van der Waals surface area contributed by atoms with E-state index in [1.807, 2.05) is 18.7 Å². The smallest absolute Gasteiger partial charge is 0.270 e. The Morgan fingerprint density at radius 3 is 2.85 bits per heavy atom. The lowest BCUT2D eigenvalue weighted by atomic mass is 10.1. The van der Waals surface area contributed by atoms with E-state index in [2.05, 4.69) is 25.8 Å². The Morgan fingerprint density at radius 1 is 1.33 bits per heavy atom. The van der Waals surface area contributed by atoms with Gasteiger partial charge in [0.15, 0.2) is 5.82 Å². The summed E-state index contributed by atoms with van der Waals surface area (Å²) in [6, 6.07) is 4.66. The van der Waals surface area contributed by atoms with Crippen LogP contribution in [0.15, 0.2) is 28.9 Å². The Bertz CT molecular complexity index is 778. The maximum Gasteiger partial charge on any atom is 0.270 e. The minimum absolute atomic E-state index is 0.0636. The highest BCUT2D eigenvalue weighted by molar-refractivity contribution is 5.92. The van der Waals surface area contributed by atoms with E-state index in [0.717, 1.165) is 0 Å². The van der Waals surface area contributed by atoms with Gasteiger partial charge in [-0.1, -0.05) is 18.1 Å². The van der Waals surface area contributed by atoms with Crippen molar-refractivity contribution < 1.29 is 14.1 Å². The van der Waals surface area contributed by atoms with E-state index in [1.54, 1.807) is 24.4 Å². The third-order valence-corrected chi connectivity index (χ3v) is 4.45. The summed E-state index contributed by atoms with van der Waals surface area (Å²) < 4.78 is 5.15. The fourth-order valence-electron chi connectivity index (χ4n) is 3.18. The third-order valence-electron chi connectivity index (χ3n) is 4.45. The molecule has 27 heavy (non-hydrogen) atoms. The summed E-state index contributed by atoms with van der Waals surface area (Å²) in [6.45, 7) is 5.28. The average Bonchev–Trinajstić information content (AvgIpc) is 3.29. The molecule has 2 aromatic heterocycles. The van der Waals surface area contributed by atoms with Crippen LogP contribution in [-0.4, -0.2) is 57.0 Å². The molecule has 2 N–H and O–H groups in total. The first-order valence-electron chi connectivity index (χ1n) is 9.15. The van der Waals surface area contributed by atoms with Crippen molar-refractivity contribution in [3.05, 3.63) is 41.8 Å². The lowest BCUT2D eigenvalue weighted by Crippen LogP contribution is -2.42. The number of aryl methyl sites for hydroxylation is 1. The predicted molar refractivity (Wildman–Crippen MR) is 96.7 cm³/mol. The number of nitrogens with one attached hydrogen (secondary N) is 2. The predicted octanol–water partition coefficient (Wildman–Crippen LogP) is 0.536. The molecule has 1 aliphatic heterocycles. The van der Waals surface area contributed by atoms with Crippen molar-refractivity contribution in [2.24, 2.45) is 0 Å². The van der Waals surface area contributed by atoms with Gasteiger partial charge < -0.3 is 15.2 Å². The van der Waals surface area contributed by atoms with Gasteiger partial charge >= 0.3 is 0 Å². The molecule has 1 saturated heterocycles. The molecule has 9 nitrogen and oxygen atoms in total. The summed E-state index contributed by atoms with van der Waals surface area (Å²) in [7, 11) is 0. The number of carbonyl (C=O) groups excluding carboxylic acids is 2. The van der Waals surface area contributed by atoms with Crippen LogP contribution >= 0.6 is 0 Å². The molecule has 0 unspecified atom stereocenters. The van der Waals surface area contributed by atoms with Crippen molar-refractivity contribution in [2.75, 3.05) is 13.1 Å². The van der Waals surface area contributed by atoms with Gasteiger partial charge in [0.1, 0.15) is 5.69 Å². The molecule has 0 saturated carbocycles. The fourth-order valence-corrected chi connectivity index (χ4v) is 3.18. The van der Waals surface area contributed by atoms with Crippen LogP contribution in [0.5, 0.6) is 0 Å². The molecule has 2 aromatic rings. The molecule has 3 heterocycles. The molecular formula is C18H24N6O3. The van der Waals surface area contributed by atoms with Gasteiger partial charge in [0.2, 0.25) is 11.8 Å². The summed E-state index contributed by atoms with van der Waals surface area (Å²) in [6.07, 6.45) is 2.76.